The molecule has 1 aromatic heterocycles. The van der Waals surface area contributed by atoms with E-state index in [4.69, 9.17) is 5.84 Å². The topological polar surface area (TPSA) is 80.0 Å². The van der Waals surface area contributed by atoms with Crippen molar-refractivity contribution in [3.63, 3.8) is 0 Å². The monoisotopic (exact) mass is 258 g/mol. The molecule has 1 amide bonds. The van der Waals surface area contributed by atoms with Gasteiger partial charge in [-0.1, -0.05) is 31.2 Å². The van der Waals surface area contributed by atoms with Gasteiger partial charge in [0.15, 0.2) is 0 Å². The first-order valence-corrected chi connectivity index (χ1v) is 6.33. The van der Waals surface area contributed by atoms with E-state index in [1.165, 1.54) is 0 Å². The first kappa shape index (κ1) is 13.3. The Morgan fingerprint density at radius 2 is 2.16 bits per heavy atom. The summed E-state index contributed by atoms with van der Waals surface area (Å²) in [5.74, 6) is 5.79. The first-order chi connectivity index (χ1) is 9.15. The van der Waals surface area contributed by atoms with Crippen LogP contribution in [-0.4, -0.2) is 16.9 Å². The predicted molar refractivity (Wildman–Crippen MR) is 76.8 cm³/mol. The number of rotatable bonds is 4. The second-order valence-electron chi connectivity index (χ2n) is 4.50. The summed E-state index contributed by atoms with van der Waals surface area (Å²) in [4.78, 5) is 16.3. The SMILES string of the molecule is CCC(C)NC(=O)c1cc2ccccc2c(NN)n1. The molecule has 0 aliphatic rings. The molecule has 1 unspecified atom stereocenters. The van der Waals surface area contributed by atoms with E-state index in [1.54, 1.807) is 6.07 Å². The Kier molecular flexibility index (Phi) is 3.97. The summed E-state index contributed by atoms with van der Waals surface area (Å²) in [6, 6.07) is 9.55. The van der Waals surface area contributed by atoms with Crippen molar-refractivity contribution in [1.82, 2.24) is 10.3 Å². The molecule has 0 saturated heterocycles. The van der Waals surface area contributed by atoms with Gasteiger partial charge in [-0.05, 0) is 24.8 Å². The van der Waals surface area contributed by atoms with Crippen LogP contribution in [-0.2, 0) is 0 Å². The zero-order chi connectivity index (χ0) is 13.8. The molecule has 0 radical (unpaired) electrons. The number of amides is 1. The van der Waals surface area contributed by atoms with Gasteiger partial charge in [-0.2, -0.15) is 0 Å². The highest BCUT2D eigenvalue weighted by Gasteiger charge is 2.13. The Balaban J connectivity index is 2.41. The molecule has 0 saturated carbocycles. The highest BCUT2D eigenvalue weighted by Crippen LogP contribution is 2.21. The Morgan fingerprint density at radius 3 is 2.84 bits per heavy atom. The Labute approximate surface area is 112 Å². The van der Waals surface area contributed by atoms with Gasteiger partial charge in [-0.25, -0.2) is 10.8 Å². The maximum absolute atomic E-state index is 12.1. The highest BCUT2D eigenvalue weighted by molar-refractivity contribution is 6.00. The summed E-state index contributed by atoms with van der Waals surface area (Å²) in [5, 5.41) is 4.72. The van der Waals surface area contributed by atoms with Crippen LogP contribution in [0, 0.1) is 0 Å². The van der Waals surface area contributed by atoms with E-state index in [0.29, 0.717) is 11.5 Å². The van der Waals surface area contributed by atoms with Crippen molar-refractivity contribution < 1.29 is 4.79 Å². The number of carbonyl (C=O) groups is 1. The number of nitrogens with zero attached hydrogens (tertiary/aromatic N) is 1. The van der Waals surface area contributed by atoms with Crippen molar-refractivity contribution in [2.75, 3.05) is 5.43 Å². The van der Waals surface area contributed by atoms with E-state index in [9.17, 15) is 4.79 Å². The molecule has 0 aliphatic carbocycles. The zero-order valence-corrected chi connectivity index (χ0v) is 11.1. The minimum Gasteiger partial charge on any atom is -0.348 e. The van der Waals surface area contributed by atoms with Crippen LogP contribution in [0.5, 0.6) is 0 Å². The minimum absolute atomic E-state index is 0.120. The van der Waals surface area contributed by atoms with E-state index >= 15 is 0 Å². The number of hydrogen-bond donors (Lipinski definition) is 3. The van der Waals surface area contributed by atoms with Crippen molar-refractivity contribution in [2.45, 2.75) is 26.3 Å². The number of pyridine rings is 1. The maximum atomic E-state index is 12.1. The minimum atomic E-state index is -0.184. The summed E-state index contributed by atoms with van der Waals surface area (Å²) >= 11 is 0. The van der Waals surface area contributed by atoms with E-state index in [-0.39, 0.29) is 11.9 Å². The van der Waals surface area contributed by atoms with Crippen LogP contribution in [0.15, 0.2) is 30.3 Å². The molecule has 100 valence electrons. The van der Waals surface area contributed by atoms with Crippen LogP contribution in [0.1, 0.15) is 30.8 Å². The average molecular weight is 258 g/mol. The van der Waals surface area contributed by atoms with Gasteiger partial charge in [0, 0.05) is 11.4 Å². The van der Waals surface area contributed by atoms with Crippen LogP contribution >= 0.6 is 0 Å². The number of fused-ring (bicyclic) bond motifs is 1. The van der Waals surface area contributed by atoms with Crippen LogP contribution in [0.2, 0.25) is 0 Å². The van der Waals surface area contributed by atoms with Crippen molar-refractivity contribution >= 4 is 22.5 Å². The van der Waals surface area contributed by atoms with Crippen LogP contribution in [0.25, 0.3) is 10.8 Å². The Hall–Kier alpha value is -2.14. The number of nitrogens with two attached hydrogens (primary N) is 1. The quantitative estimate of drug-likeness (QED) is 0.579. The molecule has 0 aliphatic heterocycles. The molecule has 1 heterocycles. The average Bonchev–Trinajstić information content (AvgIpc) is 2.45. The third kappa shape index (κ3) is 2.82. The summed E-state index contributed by atoms with van der Waals surface area (Å²) in [6.45, 7) is 3.98. The number of aromatic nitrogens is 1. The fraction of sp³-hybridized carbons (Fsp3) is 0.286. The van der Waals surface area contributed by atoms with Gasteiger partial charge in [-0.15, -0.1) is 0 Å². The fourth-order valence-corrected chi connectivity index (χ4v) is 1.82. The van der Waals surface area contributed by atoms with Crippen molar-refractivity contribution in [3.8, 4) is 0 Å². The highest BCUT2D eigenvalue weighted by atomic mass is 16.1. The number of carbonyl (C=O) groups excluding carboxylic acids is 1. The smallest absolute Gasteiger partial charge is 0.270 e. The van der Waals surface area contributed by atoms with E-state index in [0.717, 1.165) is 17.2 Å². The number of anilines is 1. The third-order valence-electron chi connectivity index (χ3n) is 3.10. The number of benzene rings is 1. The van der Waals surface area contributed by atoms with E-state index in [1.807, 2.05) is 38.1 Å². The lowest BCUT2D eigenvalue weighted by Crippen LogP contribution is -2.32. The van der Waals surface area contributed by atoms with Gasteiger partial charge in [0.05, 0.1) is 0 Å². The Morgan fingerprint density at radius 1 is 1.42 bits per heavy atom. The fourth-order valence-electron chi connectivity index (χ4n) is 1.82. The first-order valence-electron chi connectivity index (χ1n) is 6.33. The van der Waals surface area contributed by atoms with Crippen molar-refractivity contribution in [3.05, 3.63) is 36.0 Å². The predicted octanol–water partition coefficient (Wildman–Crippen LogP) is 2.05. The molecular formula is C14H18N4O. The molecule has 4 N–H and O–H groups in total. The molecule has 19 heavy (non-hydrogen) atoms. The number of hydrogen-bond acceptors (Lipinski definition) is 4. The summed E-state index contributed by atoms with van der Waals surface area (Å²) in [7, 11) is 0. The van der Waals surface area contributed by atoms with Gasteiger partial charge in [0.2, 0.25) is 0 Å². The van der Waals surface area contributed by atoms with Crippen LogP contribution in [0.3, 0.4) is 0 Å². The molecule has 5 nitrogen and oxygen atoms in total. The molecule has 1 aromatic carbocycles. The molecule has 1 atom stereocenters. The molecule has 2 rings (SSSR count). The van der Waals surface area contributed by atoms with Gasteiger partial charge in [-0.3, -0.25) is 4.79 Å². The van der Waals surface area contributed by atoms with E-state index in [2.05, 4.69) is 15.7 Å². The normalized spacial score (nSPS) is 12.2. The summed E-state index contributed by atoms with van der Waals surface area (Å²) in [6.07, 6.45) is 0.876. The maximum Gasteiger partial charge on any atom is 0.270 e. The standard InChI is InChI=1S/C14H18N4O/c1-3-9(2)16-14(19)12-8-10-6-4-5-7-11(10)13(17-12)18-15/h4-9H,3,15H2,1-2H3,(H,16,19)(H,17,18). The molecule has 0 fully saturated rings. The van der Waals surface area contributed by atoms with Crippen LogP contribution in [0.4, 0.5) is 5.82 Å². The molecule has 5 heteroatoms. The zero-order valence-electron chi connectivity index (χ0n) is 11.1. The largest absolute Gasteiger partial charge is 0.348 e. The van der Waals surface area contributed by atoms with Gasteiger partial charge in [0.25, 0.3) is 5.91 Å². The van der Waals surface area contributed by atoms with Crippen molar-refractivity contribution in [1.29, 1.82) is 0 Å². The van der Waals surface area contributed by atoms with Gasteiger partial charge < -0.3 is 10.7 Å². The molecule has 0 spiro atoms. The number of nitrogen functional groups attached to an aromatic ring is 1. The van der Waals surface area contributed by atoms with E-state index < -0.39 is 0 Å². The molecule has 2 aromatic rings. The second kappa shape index (κ2) is 5.67. The Bertz CT molecular complexity index is 597. The third-order valence-corrected chi connectivity index (χ3v) is 3.10. The van der Waals surface area contributed by atoms with Crippen molar-refractivity contribution in [2.24, 2.45) is 5.84 Å². The summed E-state index contributed by atoms with van der Waals surface area (Å²) in [5.41, 5.74) is 2.91. The van der Waals surface area contributed by atoms with Gasteiger partial charge >= 0.3 is 0 Å². The molecule has 0 bridgehead atoms. The second-order valence-corrected chi connectivity index (χ2v) is 4.50. The number of hydrazine groups is 1. The summed E-state index contributed by atoms with van der Waals surface area (Å²) < 4.78 is 0. The number of nitrogens with one attached hydrogen (secondary N) is 2. The van der Waals surface area contributed by atoms with Crippen LogP contribution < -0.4 is 16.6 Å². The lowest BCUT2D eigenvalue weighted by molar-refractivity contribution is 0.0934. The molecular weight excluding hydrogens is 240 g/mol. The van der Waals surface area contributed by atoms with Gasteiger partial charge in [0.1, 0.15) is 11.5 Å². The lowest BCUT2D eigenvalue weighted by atomic mass is 10.1. The lowest BCUT2D eigenvalue weighted by Gasteiger charge is -2.12.